The molecule has 0 fully saturated rings. The Morgan fingerprint density at radius 3 is 2.06 bits per heavy atom. The molecule has 94 valence electrons. The molecule has 5 nitrogen and oxygen atoms in total. The highest BCUT2D eigenvalue weighted by atomic mass is 16.5. The van der Waals surface area contributed by atoms with Crippen LogP contribution in [0.15, 0.2) is 36.7 Å². The molecule has 0 aliphatic carbocycles. The third-order valence-electron chi connectivity index (χ3n) is 2.59. The van der Waals surface area contributed by atoms with E-state index in [0.717, 1.165) is 5.56 Å². The van der Waals surface area contributed by atoms with Gasteiger partial charge in [-0.1, -0.05) is 30.3 Å². The van der Waals surface area contributed by atoms with Crippen LogP contribution in [0.3, 0.4) is 0 Å². The van der Waals surface area contributed by atoms with Crippen molar-refractivity contribution in [1.82, 2.24) is 9.97 Å². The zero-order valence-electron chi connectivity index (χ0n) is 10.2. The number of methoxy groups -OCH3 is 2. The SMILES string of the molecule is COc1ncnc(OC)c1C(O)c1ccccc1. The van der Waals surface area contributed by atoms with Crippen molar-refractivity contribution in [1.29, 1.82) is 0 Å². The van der Waals surface area contributed by atoms with E-state index in [1.807, 2.05) is 30.3 Å². The molecule has 1 aromatic carbocycles. The number of aliphatic hydroxyl groups is 1. The summed E-state index contributed by atoms with van der Waals surface area (Å²) in [6, 6.07) is 9.21. The van der Waals surface area contributed by atoms with E-state index >= 15 is 0 Å². The van der Waals surface area contributed by atoms with Gasteiger partial charge in [-0.15, -0.1) is 0 Å². The number of rotatable bonds is 4. The van der Waals surface area contributed by atoms with Gasteiger partial charge in [0.2, 0.25) is 11.8 Å². The largest absolute Gasteiger partial charge is 0.481 e. The molecular formula is C13H14N2O3. The lowest BCUT2D eigenvalue weighted by Crippen LogP contribution is -2.07. The predicted octanol–water partition coefficient (Wildman–Crippen LogP) is 1.58. The fourth-order valence-corrected chi connectivity index (χ4v) is 1.73. The number of hydrogen-bond donors (Lipinski definition) is 1. The molecule has 1 N–H and O–H groups in total. The highest BCUT2D eigenvalue weighted by Crippen LogP contribution is 2.33. The summed E-state index contributed by atoms with van der Waals surface area (Å²) in [4.78, 5) is 7.96. The van der Waals surface area contributed by atoms with Gasteiger partial charge in [0.1, 0.15) is 18.0 Å². The molecule has 1 unspecified atom stereocenters. The number of aromatic nitrogens is 2. The van der Waals surface area contributed by atoms with Crippen molar-refractivity contribution in [3.8, 4) is 11.8 Å². The van der Waals surface area contributed by atoms with Crippen LogP contribution in [0.2, 0.25) is 0 Å². The van der Waals surface area contributed by atoms with Gasteiger partial charge in [0.25, 0.3) is 0 Å². The van der Waals surface area contributed by atoms with Crippen LogP contribution < -0.4 is 9.47 Å². The fourth-order valence-electron chi connectivity index (χ4n) is 1.73. The van der Waals surface area contributed by atoms with Crippen LogP contribution in [0.5, 0.6) is 11.8 Å². The van der Waals surface area contributed by atoms with Gasteiger partial charge < -0.3 is 14.6 Å². The summed E-state index contributed by atoms with van der Waals surface area (Å²) in [6.45, 7) is 0. The molecule has 0 saturated heterocycles. The van der Waals surface area contributed by atoms with E-state index < -0.39 is 6.10 Å². The summed E-state index contributed by atoms with van der Waals surface area (Å²) in [5.74, 6) is 0.608. The van der Waals surface area contributed by atoms with E-state index in [2.05, 4.69) is 9.97 Å². The van der Waals surface area contributed by atoms with Gasteiger partial charge in [0.05, 0.1) is 14.2 Å². The number of benzene rings is 1. The summed E-state index contributed by atoms with van der Waals surface area (Å²) in [5.41, 5.74) is 1.15. The van der Waals surface area contributed by atoms with Gasteiger partial charge in [-0.3, -0.25) is 0 Å². The first-order valence-electron chi connectivity index (χ1n) is 5.43. The van der Waals surface area contributed by atoms with Crippen LogP contribution in [0, 0.1) is 0 Å². The maximum atomic E-state index is 10.4. The summed E-state index contributed by atoms with van der Waals surface area (Å²) < 4.78 is 10.3. The van der Waals surface area contributed by atoms with Crippen molar-refractivity contribution in [2.75, 3.05) is 14.2 Å². The van der Waals surface area contributed by atoms with E-state index in [9.17, 15) is 5.11 Å². The maximum absolute atomic E-state index is 10.4. The van der Waals surface area contributed by atoms with Crippen LogP contribution in [0.25, 0.3) is 0 Å². The summed E-state index contributed by atoms with van der Waals surface area (Å²) in [6.07, 6.45) is 0.441. The Balaban J connectivity index is 2.49. The quantitative estimate of drug-likeness (QED) is 0.887. The van der Waals surface area contributed by atoms with Gasteiger partial charge in [-0.25, -0.2) is 9.97 Å². The molecule has 2 rings (SSSR count). The number of aliphatic hydroxyl groups excluding tert-OH is 1. The number of nitrogens with zero attached hydrogens (tertiary/aromatic N) is 2. The van der Waals surface area contributed by atoms with Crippen molar-refractivity contribution in [2.45, 2.75) is 6.10 Å². The third-order valence-corrected chi connectivity index (χ3v) is 2.59. The normalized spacial score (nSPS) is 11.9. The van der Waals surface area contributed by atoms with Crippen molar-refractivity contribution < 1.29 is 14.6 Å². The molecule has 18 heavy (non-hydrogen) atoms. The van der Waals surface area contributed by atoms with Gasteiger partial charge in [-0.2, -0.15) is 0 Å². The molecule has 0 amide bonds. The molecule has 0 bridgehead atoms. The third kappa shape index (κ3) is 2.26. The van der Waals surface area contributed by atoms with Crippen molar-refractivity contribution in [3.05, 3.63) is 47.8 Å². The molecule has 0 radical (unpaired) electrons. The van der Waals surface area contributed by atoms with Crippen LogP contribution in [-0.2, 0) is 0 Å². The van der Waals surface area contributed by atoms with Gasteiger partial charge in [-0.05, 0) is 5.56 Å². The van der Waals surface area contributed by atoms with Crippen LogP contribution in [0.1, 0.15) is 17.2 Å². The topological polar surface area (TPSA) is 64.5 Å². The Kier molecular flexibility index (Phi) is 3.74. The number of hydrogen-bond acceptors (Lipinski definition) is 5. The lowest BCUT2D eigenvalue weighted by atomic mass is 10.0. The Labute approximate surface area is 105 Å². The average Bonchev–Trinajstić information content (AvgIpc) is 2.46. The lowest BCUT2D eigenvalue weighted by Gasteiger charge is -2.16. The molecule has 1 heterocycles. The minimum absolute atomic E-state index is 0.304. The van der Waals surface area contributed by atoms with Crippen molar-refractivity contribution >= 4 is 0 Å². The molecule has 5 heteroatoms. The van der Waals surface area contributed by atoms with Crippen LogP contribution in [0.4, 0.5) is 0 Å². The number of ether oxygens (including phenoxy) is 2. The maximum Gasteiger partial charge on any atom is 0.226 e. The first-order valence-corrected chi connectivity index (χ1v) is 5.43. The van der Waals surface area contributed by atoms with Gasteiger partial charge >= 0.3 is 0 Å². The summed E-state index contributed by atoms with van der Waals surface area (Å²) in [5, 5.41) is 10.4. The Morgan fingerprint density at radius 2 is 1.56 bits per heavy atom. The lowest BCUT2D eigenvalue weighted by molar-refractivity contribution is 0.205. The smallest absolute Gasteiger partial charge is 0.226 e. The first kappa shape index (κ1) is 12.3. The van der Waals surface area contributed by atoms with E-state index in [1.165, 1.54) is 20.5 Å². The molecule has 0 spiro atoms. The summed E-state index contributed by atoms with van der Waals surface area (Å²) in [7, 11) is 2.98. The second kappa shape index (κ2) is 5.46. The van der Waals surface area contributed by atoms with Gasteiger partial charge in [0.15, 0.2) is 0 Å². The predicted molar refractivity (Wildman–Crippen MR) is 65.6 cm³/mol. The Bertz CT molecular complexity index is 495. The molecular weight excluding hydrogens is 232 g/mol. The second-order valence-corrected chi connectivity index (χ2v) is 3.62. The zero-order chi connectivity index (χ0) is 13.0. The molecule has 0 aliphatic heterocycles. The van der Waals surface area contributed by atoms with E-state index in [-0.39, 0.29) is 0 Å². The standard InChI is InChI=1S/C13H14N2O3/c1-17-12-10(13(18-2)15-8-14-12)11(16)9-6-4-3-5-7-9/h3-8,11,16H,1-2H3. The summed E-state index contributed by atoms with van der Waals surface area (Å²) >= 11 is 0. The van der Waals surface area contributed by atoms with Gasteiger partial charge in [0, 0.05) is 0 Å². The molecule has 0 aliphatic rings. The van der Waals surface area contributed by atoms with E-state index in [1.54, 1.807) is 0 Å². The van der Waals surface area contributed by atoms with Crippen molar-refractivity contribution in [2.24, 2.45) is 0 Å². The van der Waals surface area contributed by atoms with E-state index in [0.29, 0.717) is 17.3 Å². The van der Waals surface area contributed by atoms with Crippen molar-refractivity contribution in [3.63, 3.8) is 0 Å². The molecule has 2 aromatic rings. The first-order chi connectivity index (χ1) is 8.77. The Morgan fingerprint density at radius 1 is 1.00 bits per heavy atom. The average molecular weight is 246 g/mol. The fraction of sp³-hybridized carbons (Fsp3) is 0.231. The molecule has 1 aromatic heterocycles. The van der Waals surface area contributed by atoms with Crippen LogP contribution in [-0.4, -0.2) is 29.3 Å². The highest BCUT2D eigenvalue weighted by Gasteiger charge is 2.22. The minimum Gasteiger partial charge on any atom is -0.481 e. The van der Waals surface area contributed by atoms with E-state index in [4.69, 9.17) is 9.47 Å². The molecule has 1 atom stereocenters. The van der Waals surface area contributed by atoms with Crippen LogP contribution >= 0.6 is 0 Å². The Hall–Kier alpha value is -2.14. The minimum atomic E-state index is -0.891. The monoisotopic (exact) mass is 246 g/mol. The second-order valence-electron chi connectivity index (χ2n) is 3.62. The molecule has 0 saturated carbocycles. The highest BCUT2D eigenvalue weighted by molar-refractivity contribution is 5.41. The zero-order valence-corrected chi connectivity index (χ0v) is 10.2.